The summed E-state index contributed by atoms with van der Waals surface area (Å²) in [6.07, 6.45) is 0.295. The van der Waals surface area contributed by atoms with E-state index in [1.54, 1.807) is 0 Å². The summed E-state index contributed by atoms with van der Waals surface area (Å²) in [6, 6.07) is 17.3. The number of nitrogens with zero attached hydrogens (tertiary/aromatic N) is 4. The number of nitrogens with one attached hydrogen (secondary N) is 1. The molecule has 1 aliphatic heterocycles. The van der Waals surface area contributed by atoms with Gasteiger partial charge in [0.15, 0.2) is 0 Å². The molecule has 1 aromatic heterocycles. The molecule has 1 fully saturated rings. The van der Waals surface area contributed by atoms with E-state index in [9.17, 15) is 4.79 Å². The number of cyclic esters (lactones) is 1. The van der Waals surface area contributed by atoms with Gasteiger partial charge < -0.3 is 14.8 Å². The molecule has 3 aromatic rings. The van der Waals surface area contributed by atoms with Gasteiger partial charge in [0.25, 0.3) is 0 Å². The fourth-order valence-corrected chi connectivity index (χ4v) is 3.57. The molecule has 1 amide bonds. The number of para-hydroxylation sites is 1. The van der Waals surface area contributed by atoms with Crippen LogP contribution in [0.25, 0.3) is 0 Å². The van der Waals surface area contributed by atoms with Crippen LogP contribution in [-0.2, 0) is 4.74 Å². The summed E-state index contributed by atoms with van der Waals surface area (Å²) < 4.78 is 11.3. The monoisotopic (exact) mass is 483 g/mol. The van der Waals surface area contributed by atoms with Crippen molar-refractivity contribution in [1.29, 1.82) is 0 Å². The third kappa shape index (κ3) is 4.93. The molecular formula is C22H22BrN5O3. The second-order valence-corrected chi connectivity index (χ2v) is 7.80. The van der Waals surface area contributed by atoms with Crippen LogP contribution in [0, 0.1) is 0 Å². The minimum absolute atomic E-state index is 0.0829. The summed E-state index contributed by atoms with van der Waals surface area (Å²) >= 11 is 3.31. The first-order valence-corrected chi connectivity index (χ1v) is 10.8. The smallest absolute Gasteiger partial charge is 0.417 e. The Labute approximate surface area is 188 Å². The predicted octanol–water partition coefficient (Wildman–Crippen LogP) is 5.33. The quantitative estimate of drug-likeness (QED) is 0.485. The minimum Gasteiger partial charge on any atom is -0.457 e. The minimum atomic E-state index is -0.446. The van der Waals surface area contributed by atoms with Gasteiger partial charge in [-0.05, 0) is 59.1 Å². The highest BCUT2D eigenvalue weighted by atomic mass is 79.9. The molecule has 1 N–H and O–H groups in total. The van der Waals surface area contributed by atoms with Crippen LogP contribution in [0.5, 0.6) is 11.5 Å². The lowest BCUT2D eigenvalue weighted by Crippen LogP contribution is -2.34. The van der Waals surface area contributed by atoms with Crippen LogP contribution in [0.15, 0.2) is 59.3 Å². The van der Waals surface area contributed by atoms with E-state index in [0.717, 1.165) is 23.5 Å². The predicted molar refractivity (Wildman–Crippen MR) is 120 cm³/mol. The van der Waals surface area contributed by atoms with Gasteiger partial charge in [-0.2, -0.15) is 15.0 Å². The van der Waals surface area contributed by atoms with E-state index in [4.69, 9.17) is 9.47 Å². The summed E-state index contributed by atoms with van der Waals surface area (Å²) in [5.41, 5.74) is 1.03. The van der Waals surface area contributed by atoms with Gasteiger partial charge in [-0.25, -0.2) is 9.69 Å². The lowest BCUT2D eigenvalue weighted by atomic mass is 10.1. The van der Waals surface area contributed by atoms with E-state index in [2.05, 4.69) is 36.2 Å². The Balaban J connectivity index is 1.47. The number of benzene rings is 2. The molecule has 1 aliphatic rings. The molecule has 0 bridgehead atoms. The molecule has 31 heavy (non-hydrogen) atoms. The maximum Gasteiger partial charge on any atom is 0.417 e. The molecule has 0 unspecified atom stereocenters. The molecule has 0 spiro atoms. The summed E-state index contributed by atoms with van der Waals surface area (Å²) in [5.74, 6) is 2.17. The van der Waals surface area contributed by atoms with Gasteiger partial charge in [0.1, 0.15) is 18.1 Å². The van der Waals surface area contributed by atoms with Crippen LogP contribution in [0.3, 0.4) is 0 Å². The van der Waals surface area contributed by atoms with Crippen molar-refractivity contribution in [2.45, 2.75) is 32.4 Å². The third-order valence-electron chi connectivity index (χ3n) is 4.95. The fourth-order valence-electron chi connectivity index (χ4n) is 3.24. The van der Waals surface area contributed by atoms with Gasteiger partial charge in [0.05, 0.1) is 12.1 Å². The van der Waals surface area contributed by atoms with Gasteiger partial charge in [0.2, 0.25) is 16.6 Å². The summed E-state index contributed by atoms with van der Waals surface area (Å²) in [6.45, 7) is 4.32. The second-order valence-electron chi connectivity index (χ2n) is 7.09. The van der Waals surface area contributed by atoms with Gasteiger partial charge in [-0.15, -0.1) is 0 Å². The van der Waals surface area contributed by atoms with Crippen molar-refractivity contribution in [3.8, 4) is 11.5 Å². The van der Waals surface area contributed by atoms with Crippen LogP contribution < -0.4 is 15.0 Å². The SMILES string of the molecule is CC[C@H]1COC(=O)N1c1nc(Br)nc(N[C@@H](C)c2ccc(Oc3ccccc3)cc2)n1. The van der Waals surface area contributed by atoms with Gasteiger partial charge in [-0.1, -0.05) is 37.3 Å². The van der Waals surface area contributed by atoms with Crippen molar-refractivity contribution in [2.75, 3.05) is 16.8 Å². The van der Waals surface area contributed by atoms with Crippen molar-refractivity contribution in [3.63, 3.8) is 0 Å². The van der Waals surface area contributed by atoms with Gasteiger partial charge >= 0.3 is 6.09 Å². The third-order valence-corrected chi connectivity index (χ3v) is 5.30. The largest absolute Gasteiger partial charge is 0.457 e. The first-order valence-electron chi connectivity index (χ1n) is 10.0. The fraction of sp³-hybridized carbons (Fsp3) is 0.273. The van der Waals surface area contributed by atoms with Gasteiger partial charge in [-0.3, -0.25) is 0 Å². The number of hydrogen-bond acceptors (Lipinski definition) is 7. The number of amides is 1. The van der Waals surface area contributed by atoms with Crippen LogP contribution in [-0.4, -0.2) is 33.7 Å². The number of hydrogen-bond donors (Lipinski definition) is 1. The summed E-state index contributed by atoms with van der Waals surface area (Å²) in [4.78, 5) is 26.6. The number of ether oxygens (including phenoxy) is 2. The zero-order valence-electron chi connectivity index (χ0n) is 17.2. The van der Waals surface area contributed by atoms with Gasteiger partial charge in [0, 0.05) is 0 Å². The highest BCUT2D eigenvalue weighted by Gasteiger charge is 2.35. The second kappa shape index (κ2) is 9.30. The van der Waals surface area contributed by atoms with E-state index in [0.29, 0.717) is 17.3 Å². The molecule has 160 valence electrons. The molecule has 2 atom stereocenters. The molecule has 0 saturated carbocycles. The van der Waals surface area contributed by atoms with Crippen molar-refractivity contribution >= 4 is 33.9 Å². The number of rotatable bonds is 7. The standard InChI is InChI=1S/C22H22BrN5O3/c1-3-16-13-30-22(29)28(16)21-26-19(23)25-20(27-21)24-14(2)15-9-11-18(12-10-15)31-17-7-5-4-6-8-17/h4-12,14,16H,3,13H2,1-2H3,(H,24,25,26,27)/t14-,16-/m0/s1. The lowest BCUT2D eigenvalue weighted by molar-refractivity contribution is 0.178. The van der Waals surface area contributed by atoms with Crippen LogP contribution >= 0.6 is 15.9 Å². The van der Waals surface area contributed by atoms with E-state index in [-0.39, 0.29) is 18.0 Å². The molecule has 1 saturated heterocycles. The molecular weight excluding hydrogens is 462 g/mol. The Morgan fingerprint density at radius 3 is 2.55 bits per heavy atom. The van der Waals surface area contributed by atoms with Crippen molar-refractivity contribution in [1.82, 2.24) is 15.0 Å². The summed E-state index contributed by atoms with van der Waals surface area (Å²) in [7, 11) is 0. The van der Waals surface area contributed by atoms with Crippen LogP contribution in [0.2, 0.25) is 0 Å². The van der Waals surface area contributed by atoms with E-state index < -0.39 is 6.09 Å². The summed E-state index contributed by atoms with van der Waals surface area (Å²) in [5, 5.41) is 3.27. The Morgan fingerprint density at radius 1 is 1.13 bits per heavy atom. The normalized spacial score (nSPS) is 16.7. The van der Waals surface area contributed by atoms with Crippen molar-refractivity contribution in [2.24, 2.45) is 0 Å². The van der Waals surface area contributed by atoms with E-state index >= 15 is 0 Å². The Bertz CT molecular complexity index is 1050. The van der Waals surface area contributed by atoms with Crippen LogP contribution in [0.4, 0.5) is 16.7 Å². The average Bonchev–Trinajstić information content (AvgIpc) is 3.15. The van der Waals surface area contributed by atoms with Crippen molar-refractivity contribution in [3.05, 3.63) is 64.9 Å². The molecule has 0 aliphatic carbocycles. The Hall–Kier alpha value is -3.20. The number of aromatic nitrogens is 3. The molecule has 2 aromatic carbocycles. The highest BCUT2D eigenvalue weighted by Crippen LogP contribution is 2.26. The molecule has 2 heterocycles. The topological polar surface area (TPSA) is 89.5 Å². The van der Waals surface area contributed by atoms with Crippen molar-refractivity contribution < 1.29 is 14.3 Å². The molecule has 0 radical (unpaired) electrons. The zero-order chi connectivity index (χ0) is 21.8. The molecule has 8 nitrogen and oxygen atoms in total. The first kappa shape index (κ1) is 21.0. The van der Waals surface area contributed by atoms with E-state index in [1.807, 2.05) is 68.4 Å². The zero-order valence-corrected chi connectivity index (χ0v) is 18.7. The number of halogens is 1. The maximum absolute atomic E-state index is 12.1. The molecule has 4 rings (SSSR count). The van der Waals surface area contributed by atoms with Crippen LogP contribution in [0.1, 0.15) is 31.9 Å². The number of anilines is 2. The number of carbonyl (C=O) groups is 1. The first-order chi connectivity index (χ1) is 15.0. The average molecular weight is 484 g/mol. The Kier molecular flexibility index (Phi) is 6.31. The number of carbonyl (C=O) groups excluding carboxylic acids is 1. The Morgan fingerprint density at radius 2 is 1.84 bits per heavy atom. The maximum atomic E-state index is 12.1. The lowest BCUT2D eigenvalue weighted by Gasteiger charge is -2.20. The highest BCUT2D eigenvalue weighted by molar-refractivity contribution is 9.10. The van der Waals surface area contributed by atoms with E-state index in [1.165, 1.54) is 4.90 Å². The molecule has 9 heteroatoms.